The van der Waals surface area contributed by atoms with Crippen LogP contribution in [0.3, 0.4) is 0 Å². The van der Waals surface area contributed by atoms with Crippen LogP contribution in [0.25, 0.3) is 11.1 Å². The van der Waals surface area contributed by atoms with Crippen LogP contribution in [0.2, 0.25) is 0 Å². The number of methoxy groups -OCH3 is 2. The molecule has 4 rings (SSSR count). The number of piperazine rings is 1. The number of rotatable bonds is 7. The SMILES string of the molecule is COc1ccc(-c2ccc(S(=O)(=O)N3CCN(c4ncc(C(=O)NO)cn4)CC3)cc2)c(OC)c1. The van der Waals surface area contributed by atoms with Crippen LogP contribution in [0.15, 0.2) is 59.8 Å². The van der Waals surface area contributed by atoms with Crippen LogP contribution in [0.4, 0.5) is 5.95 Å². The number of sulfonamides is 1. The van der Waals surface area contributed by atoms with Gasteiger partial charge in [0.2, 0.25) is 16.0 Å². The number of aromatic nitrogens is 2. The Balaban J connectivity index is 1.45. The zero-order valence-electron chi connectivity index (χ0n) is 19.2. The van der Waals surface area contributed by atoms with Gasteiger partial charge in [-0.25, -0.2) is 23.9 Å². The molecule has 1 saturated heterocycles. The number of carbonyl (C=O) groups excluding carboxylic acids is 1. The molecular formula is C23H25N5O6S. The summed E-state index contributed by atoms with van der Waals surface area (Å²) < 4.78 is 38.5. The van der Waals surface area contributed by atoms with E-state index in [9.17, 15) is 13.2 Å². The molecule has 1 aliphatic rings. The molecule has 184 valence electrons. The van der Waals surface area contributed by atoms with Gasteiger partial charge in [-0.05, 0) is 29.8 Å². The van der Waals surface area contributed by atoms with Crippen molar-refractivity contribution in [3.63, 3.8) is 0 Å². The fourth-order valence-electron chi connectivity index (χ4n) is 3.79. The van der Waals surface area contributed by atoms with Crippen LogP contribution >= 0.6 is 0 Å². The fourth-order valence-corrected chi connectivity index (χ4v) is 5.21. The molecule has 0 spiro atoms. The van der Waals surface area contributed by atoms with Gasteiger partial charge < -0.3 is 14.4 Å². The quantitative estimate of drug-likeness (QED) is 0.368. The predicted molar refractivity (Wildman–Crippen MR) is 127 cm³/mol. The first-order chi connectivity index (χ1) is 16.9. The van der Waals surface area contributed by atoms with Crippen molar-refractivity contribution in [3.05, 3.63) is 60.4 Å². The summed E-state index contributed by atoms with van der Waals surface area (Å²) in [6.45, 7) is 1.31. The highest BCUT2D eigenvalue weighted by molar-refractivity contribution is 7.89. The van der Waals surface area contributed by atoms with E-state index >= 15 is 0 Å². The normalized spacial score (nSPS) is 14.4. The monoisotopic (exact) mass is 499 g/mol. The maximum atomic E-state index is 13.2. The molecule has 0 aliphatic carbocycles. The van der Waals surface area contributed by atoms with Gasteiger partial charge in [0.05, 0.1) is 24.7 Å². The smallest absolute Gasteiger partial charge is 0.277 e. The van der Waals surface area contributed by atoms with Gasteiger partial charge in [0, 0.05) is 50.2 Å². The second-order valence-corrected chi connectivity index (χ2v) is 9.63. The topological polar surface area (TPSA) is 134 Å². The summed E-state index contributed by atoms with van der Waals surface area (Å²) in [5, 5.41) is 8.68. The van der Waals surface area contributed by atoms with Crippen molar-refractivity contribution >= 4 is 21.9 Å². The number of hydroxylamine groups is 1. The van der Waals surface area contributed by atoms with Gasteiger partial charge in [-0.15, -0.1) is 0 Å². The van der Waals surface area contributed by atoms with Crippen molar-refractivity contribution in [2.75, 3.05) is 45.3 Å². The number of anilines is 1. The molecule has 0 bridgehead atoms. The molecule has 11 nitrogen and oxygen atoms in total. The number of amides is 1. The third-order valence-corrected chi connectivity index (χ3v) is 7.65. The summed E-state index contributed by atoms with van der Waals surface area (Å²) in [5.74, 6) is 0.975. The molecular weight excluding hydrogens is 474 g/mol. The maximum absolute atomic E-state index is 13.2. The molecule has 35 heavy (non-hydrogen) atoms. The lowest BCUT2D eigenvalue weighted by molar-refractivity contribution is 0.0705. The maximum Gasteiger partial charge on any atom is 0.277 e. The second kappa shape index (κ2) is 10.3. The van der Waals surface area contributed by atoms with Crippen molar-refractivity contribution in [2.24, 2.45) is 0 Å². The Hall–Kier alpha value is -3.74. The summed E-state index contributed by atoms with van der Waals surface area (Å²) in [7, 11) is -0.530. The molecule has 1 aromatic heterocycles. The average Bonchev–Trinajstić information content (AvgIpc) is 2.92. The van der Waals surface area contributed by atoms with Crippen molar-refractivity contribution in [1.29, 1.82) is 0 Å². The minimum Gasteiger partial charge on any atom is -0.497 e. The Bertz CT molecular complexity index is 1290. The summed E-state index contributed by atoms with van der Waals surface area (Å²) in [6.07, 6.45) is 2.60. The zero-order valence-corrected chi connectivity index (χ0v) is 20.0. The molecule has 2 aromatic carbocycles. The van der Waals surface area contributed by atoms with Gasteiger partial charge in [-0.2, -0.15) is 4.31 Å². The lowest BCUT2D eigenvalue weighted by Crippen LogP contribution is -2.49. The Morgan fingerprint density at radius 2 is 1.63 bits per heavy atom. The van der Waals surface area contributed by atoms with E-state index < -0.39 is 15.9 Å². The molecule has 0 saturated carbocycles. The number of hydrogen-bond donors (Lipinski definition) is 2. The van der Waals surface area contributed by atoms with Gasteiger partial charge in [-0.3, -0.25) is 10.0 Å². The van der Waals surface area contributed by atoms with Gasteiger partial charge >= 0.3 is 0 Å². The standard InChI is InChI=1S/C23H25N5O6S/c1-33-18-5-8-20(21(13-18)34-2)16-3-6-19(7-4-16)35(31,32)28-11-9-27(10-12-28)23-24-14-17(15-25-23)22(29)26-30/h3-8,13-15,30H,9-12H2,1-2H3,(H,26,29). The molecule has 1 aliphatic heterocycles. The molecule has 2 heterocycles. The van der Waals surface area contributed by atoms with Crippen LogP contribution < -0.4 is 19.9 Å². The summed E-state index contributed by atoms with van der Waals surface area (Å²) in [6, 6.07) is 12.2. The number of hydrogen-bond acceptors (Lipinski definition) is 9. The number of benzene rings is 2. The highest BCUT2D eigenvalue weighted by atomic mass is 32.2. The summed E-state index contributed by atoms with van der Waals surface area (Å²) >= 11 is 0. The second-order valence-electron chi connectivity index (χ2n) is 7.69. The summed E-state index contributed by atoms with van der Waals surface area (Å²) in [4.78, 5) is 21.7. The third-order valence-electron chi connectivity index (χ3n) is 5.74. The van der Waals surface area contributed by atoms with E-state index in [-0.39, 0.29) is 23.5 Å². The van der Waals surface area contributed by atoms with Crippen LogP contribution in [0.5, 0.6) is 11.5 Å². The van der Waals surface area contributed by atoms with Crippen LogP contribution in [0.1, 0.15) is 10.4 Å². The Kier molecular flexibility index (Phi) is 7.15. The molecule has 12 heteroatoms. The molecule has 1 fully saturated rings. The fraction of sp³-hybridized carbons (Fsp3) is 0.261. The minimum absolute atomic E-state index is 0.119. The van der Waals surface area contributed by atoms with E-state index in [0.717, 1.165) is 11.1 Å². The Labute approximate surface area is 203 Å². The van der Waals surface area contributed by atoms with Crippen LogP contribution in [-0.4, -0.2) is 74.2 Å². The number of ether oxygens (including phenoxy) is 2. The molecule has 2 N–H and O–H groups in total. The van der Waals surface area contributed by atoms with Crippen LogP contribution in [0, 0.1) is 0 Å². The number of nitrogens with zero attached hydrogens (tertiary/aromatic N) is 4. The first-order valence-electron chi connectivity index (χ1n) is 10.7. The van der Waals surface area contributed by atoms with E-state index in [1.807, 2.05) is 17.0 Å². The Morgan fingerprint density at radius 3 is 2.20 bits per heavy atom. The largest absolute Gasteiger partial charge is 0.497 e. The molecule has 1 amide bonds. The van der Waals surface area contributed by atoms with E-state index in [4.69, 9.17) is 14.7 Å². The average molecular weight is 500 g/mol. The van der Waals surface area contributed by atoms with E-state index in [1.165, 1.54) is 22.2 Å². The van der Waals surface area contributed by atoms with Crippen molar-refractivity contribution < 1.29 is 27.9 Å². The zero-order chi connectivity index (χ0) is 25.0. The number of nitrogens with one attached hydrogen (secondary N) is 1. The minimum atomic E-state index is -3.68. The van der Waals surface area contributed by atoms with E-state index in [1.54, 1.807) is 44.6 Å². The highest BCUT2D eigenvalue weighted by Gasteiger charge is 2.29. The molecule has 0 radical (unpaired) electrons. The van der Waals surface area contributed by atoms with Crippen molar-refractivity contribution in [1.82, 2.24) is 19.8 Å². The van der Waals surface area contributed by atoms with E-state index in [2.05, 4.69) is 9.97 Å². The lowest BCUT2D eigenvalue weighted by Gasteiger charge is -2.34. The van der Waals surface area contributed by atoms with Crippen molar-refractivity contribution in [2.45, 2.75) is 4.90 Å². The predicted octanol–water partition coefficient (Wildman–Crippen LogP) is 1.79. The van der Waals surface area contributed by atoms with E-state index in [0.29, 0.717) is 30.5 Å². The molecule has 0 atom stereocenters. The highest BCUT2D eigenvalue weighted by Crippen LogP contribution is 2.34. The number of carbonyl (C=O) groups is 1. The summed E-state index contributed by atoms with van der Waals surface area (Å²) in [5.41, 5.74) is 3.29. The third kappa shape index (κ3) is 5.04. The van der Waals surface area contributed by atoms with Gasteiger partial charge in [-0.1, -0.05) is 12.1 Å². The van der Waals surface area contributed by atoms with Crippen molar-refractivity contribution in [3.8, 4) is 22.6 Å². The Morgan fingerprint density at radius 1 is 0.971 bits per heavy atom. The first-order valence-corrected chi connectivity index (χ1v) is 12.2. The lowest BCUT2D eigenvalue weighted by atomic mass is 10.0. The molecule has 3 aromatic rings. The van der Waals surface area contributed by atoms with Crippen LogP contribution in [-0.2, 0) is 10.0 Å². The molecule has 0 unspecified atom stereocenters. The van der Waals surface area contributed by atoms with Gasteiger partial charge in [0.15, 0.2) is 0 Å². The first kappa shape index (κ1) is 24.4. The van der Waals surface area contributed by atoms with Gasteiger partial charge in [0.1, 0.15) is 11.5 Å². The van der Waals surface area contributed by atoms with Gasteiger partial charge in [0.25, 0.3) is 5.91 Å².